The van der Waals surface area contributed by atoms with Gasteiger partial charge in [0.25, 0.3) is 0 Å². The Morgan fingerprint density at radius 2 is 2.00 bits per heavy atom. The van der Waals surface area contributed by atoms with Crippen LogP contribution in [0.2, 0.25) is 0 Å². The number of hydrogen-bond donors (Lipinski definition) is 2. The normalized spacial score (nSPS) is 17.8. The van der Waals surface area contributed by atoms with E-state index in [0.717, 1.165) is 45.1 Å². The predicted molar refractivity (Wildman–Crippen MR) is 77.9 cm³/mol. The third kappa shape index (κ3) is 4.35. The number of amides is 1. The highest BCUT2D eigenvalue weighted by molar-refractivity contribution is 5.76. The number of carbonyl (C=O) groups excluding carboxylic acids is 1. The average molecular weight is 260 g/mol. The zero-order valence-electron chi connectivity index (χ0n) is 11.5. The summed E-state index contributed by atoms with van der Waals surface area (Å²) in [5.41, 5.74) is 8.27. The van der Waals surface area contributed by atoms with Gasteiger partial charge in [-0.2, -0.15) is 0 Å². The highest BCUT2D eigenvalue weighted by Gasteiger charge is 2.19. The van der Waals surface area contributed by atoms with Gasteiger partial charge in [0, 0.05) is 12.5 Å². The molecule has 0 saturated carbocycles. The highest BCUT2D eigenvalue weighted by atomic mass is 16.1. The Kier molecular flexibility index (Phi) is 5.40. The van der Waals surface area contributed by atoms with E-state index in [1.54, 1.807) is 0 Å². The summed E-state index contributed by atoms with van der Waals surface area (Å²) < 4.78 is 0. The third-order valence-corrected chi connectivity index (χ3v) is 3.82. The largest absolute Gasteiger partial charge is 0.353 e. The number of benzene rings is 1. The zero-order valence-corrected chi connectivity index (χ0v) is 11.5. The van der Waals surface area contributed by atoms with Crippen LogP contribution in [0.1, 0.15) is 43.2 Å². The Bertz CT molecular complexity index is 417. The molecule has 1 aliphatic rings. The first-order chi connectivity index (χ1) is 9.29. The molecule has 1 aromatic rings. The number of fused-ring (bicyclic) bond motifs is 1. The van der Waals surface area contributed by atoms with Crippen molar-refractivity contribution in [1.82, 2.24) is 5.32 Å². The summed E-state index contributed by atoms with van der Waals surface area (Å²) >= 11 is 0. The summed E-state index contributed by atoms with van der Waals surface area (Å²) in [4.78, 5) is 11.8. The summed E-state index contributed by atoms with van der Waals surface area (Å²) in [6.07, 6.45) is 6.77. The van der Waals surface area contributed by atoms with Gasteiger partial charge in [-0.1, -0.05) is 30.7 Å². The van der Waals surface area contributed by atoms with Crippen LogP contribution in [0.15, 0.2) is 24.3 Å². The monoisotopic (exact) mass is 260 g/mol. The SMILES string of the molecule is NCCCCCC(=O)NC1CCc2ccccc2C1. The van der Waals surface area contributed by atoms with E-state index in [9.17, 15) is 4.79 Å². The van der Waals surface area contributed by atoms with Crippen LogP contribution >= 0.6 is 0 Å². The molecule has 3 N–H and O–H groups in total. The maximum Gasteiger partial charge on any atom is 0.220 e. The lowest BCUT2D eigenvalue weighted by atomic mass is 9.88. The van der Waals surface area contributed by atoms with Crippen molar-refractivity contribution in [1.29, 1.82) is 0 Å². The second kappa shape index (κ2) is 7.29. The first-order valence-corrected chi connectivity index (χ1v) is 7.36. The first-order valence-electron chi connectivity index (χ1n) is 7.36. The molecule has 0 aliphatic heterocycles. The van der Waals surface area contributed by atoms with Gasteiger partial charge in [0.2, 0.25) is 5.91 Å². The lowest BCUT2D eigenvalue weighted by Crippen LogP contribution is -2.38. The van der Waals surface area contributed by atoms with Crippen LogP contribution < -0.4 is 11.1 Å². The van der Waals surface area contributed by atoms with Gasteiger partial charge in [0.15, 0.2) is 0 Å². The lowest BCUT2D eigenvalue weighted by Gasteiger charge is -2.25. The maximum absolute atomic E-state index is 11.8. The van der Waals surface area contributed by atoms with Gasteiger partial charge >= 0.3 is 0 Å². The molecule has 1 aliphatic carbocycles. The summed E-state index contributed by atoms with van der Waals surface area (Å²) in [5, 5.41) is 3.17. The molecule has 104 valence electrons. The number of unbranched alkanes of at least 4 members (excludes halogenated alkanes) is 2. The van der Waals surface area contributed by atoms with E-state index in [2.05, 4.69) is 29.6 Å². The van der Waals surface area contributed by atoms with Crippen molar-refractivity contribution >= 4 is 5.91 Å². The molecule has 0 radical (unpaired) electrons. The van der Waals surface area contributed by atoms with Crippen molar-refractivity contribution in [3.8, 4) is 0 Å². The van der Waals surface area contributed by atoms with Crippen LogP contribution in [0.25, 0.3) is 0 Å². The quantitative estimate of drug-likeness (QED) is 0.770. The fourth-order valence-corrected chi connectivity index (χ4v) is 2.73. The van der Waals surface area contributed by atoms with E-state index in [1.807, 2.05) is 0 Å². The molecule has 1 aromatic carbocycles. The number of nitrogens with one attached hydrogen (secondary N) is 1. The van der Waals surface area contributed by atoms with Gasteiger partial charge in [-0.25, -0.2) is 0 Å². The van der Waals surface area contributed by atoms with Gasteiger partial charge < -0.3 is 11.1 Å². The Hall–Kier alpha value is -1.35. The summed E-state index contributed by atoms with van der Waals surface area (Å²) in [6, 6.07) is 8.86. The minimum absolute atomic E-state index is 0.196. The molecule has 0 spiro atoms. The van der Waals surface area contributed by atoms with Crippen LogP contribution in [0.5, 0.6) is 0 Å². The van der Waals surface area contributed by atoms with E-state index in [-0.39, 0.29) is 5.91 Å². The van der Waals surface area contributed by atoms with Crippen molar-refractivity contribution in [2.24, 2.45) is 5.73 Å². The summed E-state index contributed by atoms with van der Waals surface area (Å²) in [5.74, 6) is 0.196. The van der Waals surface area contributed by atoms with Crippen molar-refractivity contribution < 1.29 is 4.79 Å². The smallest absolute Gasteiger partial charge is 0.220 e. The second-order valence-corrected chi connectivity index (χ2v) is 5.38. The van der Waals surface area contributed by atoms with Crippen LogP contribution in [-0.2, 0) is 17.6 Å². The average Bonchev–Trinajstić information content (AvgIpc) is 2.43. The van der Waals surface area contributed by atoms with Crippen molar-refractivity contribution in [2.75, 3.05) is 6.54 Å². The maximum atomic E-state index is 11.8. The van der Waals surface area contributed by atoms with Crippen LogP contribution in [0.4, 0.5) is 0 Å². The van der Waals surface area contributed by atoms with E-state index in [0.29, 0.717) is 12.5 Å². The Morgan fingerprint density at radius 3 is 2.79 bits per heavy atom. The standard InChI is InChI=1S/C16H24N2O/c17-11-5-1-2-8-16(19)18-15-10-9-13-6-3-4-7-14(13)12-15/h3-4,6-7,15H,1-2,5,8-12,17H2,(H,18,19). The number of carbonyl (C=O) groups is 1. The molecule has 0 bridgehead atoms. The minimum atomic E-state index is 0.196. The fourth-order valence-electron chi connectivity index (χ4n) is 2.73. The molecular weight excluding hydrogens is 236 g/mol. The number of hydrogen-bond acceptors (Lipinski definition) is 2. The molecule has 1 atom stereocenters. The highest BCUT2D eigenvalue weighted by Crippen LogP contribution is 2.21. The second-order valence-electron chi connectivity index (χ2n) is 5.38. The van der Waals surface area contributed by atoms with E-state index < -0.39 is 0 Å². The van der Waals surface area contributed by atoms with E-state index in [1.165, 1.54) is 11.1 Å². The minimum Gasteiger partial charge on any atom is -0.353 e. The van der Waals surface area contributed by atoms with Crippen molar-refractivity contribution in [2.45, 2.75) is 51.0 Å². The Labute approximate surface area is 115 Å². The molecular formula is C16H24N2O. The van der Waals surface area contributed by atoms with Gasteiger partial charge in [0.05, 0.1) is 0 Å². The Morgan fingerprint density at radius 1 is 1.21 bits per heavy atom. The molecule has 1 amide bonds. The molecule has 0 fully saturated rings. The van der Waals surface area contributed by atoms with Gasteiger partial charge in [-0.15, -0.1) is 0 Å². The topological polar surface area (TPSA) is 55.1 Å². The van der Waals surface area contributed by atoms with Crippen LogP contribution in [-0.4, -0.2) is 18.5 Å². The molecule has 0 heterocycles. The Balaban J connectivity index is 1.74. The first kappa shape index (κ1) is 14.1. The van der Waals surface area contributed by atoms with Gasteiger partial charge in [0.1, 0.15) is 0 Å². The van der Waals surface area contributed by atoms with E-state index in [4.69, 9.17) is 5.73 Å². The molecule has 19 heavy (non-hydrogen) atoms. The number of nitrogens with two attached hydrogens (primary N) is 1. The van der Waals surface area contributed by atoms with Crippen LogP contribution in [0, 0.1) is 0 Å². The van der Waals surface area contributed by atoms with Gasteiger partial charge in [-0.05, 0) is 49.8 Å². The number of rotatable bonds is 6. The molecule has 0 aromatic heterocycles. The molecule has 3 heteroatoms. The predicted octanol–water partition coefficient (Wildman–Crippen LogP) is 2.18. The molecule has 0 saturated heterocycles. The van der Waals surface area contributed by atoms with Crippen molar-refractivity contribution in [3.05, 3.63) is 35.4 Å². The lowest BCUT2D eigenvalue weighted by molar-refractivity contribution is -0.122. The summed E-state index contributed by atoms with van der Waals surface area (Å²) in [6.45, 7) is 0.723. The number of aryl methyl sites for hydroxylation is 1. The van der Waals surface area contributed by atoms with Crippen LogP contribution in [0.3, 0.4) is 0 Å². The van der Waals surface area contributed by atoms with Crippen molar-refractivity contribution in [3.63, 3.8) is 0 Å². The zero-order chi connectivity index (χ0) is 13.5. The van der Waals surface area contributed by atoms with E-state index >= 15 is 0 Å². The van der Waals surface area contributed by atoms with Gasteiger partial charge in [-0.3, -0.25) is 4.79 Å². The summed E-state index contributed by atoms with van der Waals surface area (Å²) in [7, 11) is 0. The third-order valence-electron chi connectivity index (χ3n) is 3.82. The fraction of sp³-hybridized carbons (Fsp3) is 0.562. The molecule has 3 nitrogen and oxygen atoms in total. The molecule has 2 rings (SSSR count). The molecule has 1 unspecified atom stereocenters.